The number of hydrogen-bond donors (Lipinski definition) is 0. The highest BCUT2D eigenvalue weighted by Gasteiger charge is 2.34. The molecular formula is C25H28N4O5S. The molecule has 0 aliphatic carbocycles. The molecule has 3 heterocycles. The van der Waals surface area contributed by atoms with Crippen LogP contribution < -0.4 is 9.47 Å². The zero-order valence-corrected chi connectivity index (χ0v) is 20.2. The number of sulfonamides is 1. The molecule has 2 aromatic rings. The summed E-state index contributed by atoms with van der Waals surface area (Å²) in [5.74, 6) is 1.51. The monoisotopic (exact) mass is 496 g/mol. The van der Waals surface area contributed by atoms with Crippen LogP contribution >= 0.6 is 0 Å². The Bertz CT molecular complexity index is 1250. The number of nitrogens with zero attached hydrogens (tertiary/aromatic N) is 4. The van der Waals surface area contributed by atoms with Gasteiger partial charge in [0.1, 0.15) is 19.3 Å². The van der Waals surface area contributed by atoms with E-state index in [-0.39, 0.29) is 35.5 Å². The van der Waals surface area contributed by atoms with E-state index in [1.807, 2.05) is 24.3 Å². The molecule has 3 aliphatic heterocycles. The Morgan fingerprint density at radius 3 is 2.51 bits per heavy atom. The van der Waals surface area contributed by atoms with Crippen LogP contribution in [0, 0.1) is 11.3 Å². The van der Waals surface area contributed by atoms with E-state index in [4.69, 9.17) is 9.47 Å². The highest BCUT2D eigenvalue weighted by molar-refractivity contribution is 7.89. The van der Waals surface area contributed by atoms with Crippen molar-refractivity contribution in [3.63, 3.8) is 0 Å². The normalized spacial score (nSPS) is 21.0. The summed E-state index contributed by atoms with van der Waals surface area (Å²) < 4.78 is 38.9. The molecule has 9 nitrogen and oxygen atoms in total. The lowest BCUT2D eigenvalue weighted by atomic mass is 10.0. The van der Waals surface area contributed by atoms with Gasteiger partial charge in [0.25, 0.3) is 0 Å². The molecule has 2 fully saturated rings. The Morgan fingerprint density at radius 1 is 1.00 bits per heavy atom. The van der Waals surface area contributed by atoms with Gasteiger partial charge >= 0.3 is 0 Å². The largest absolute Gasteiger partial charge is 0.486 e. The Morgan fingerprint density at radius 2 is 1.74 bits per heavy atom. The van der Waals surface area contributed by atoms with Gasteiger partial charge in [-0.1, -0.05) is 18.2 Å². The maximum absolute atomic E-state index is 13.1. The van der Waals surface area contributed by atoms with E-state index in [9.17, 15) is 18.5 Å². The SMILES string of the molecule is N#Cc1ccccc1S(=O)(=O)N1CCN(C(=O)CN2CCC[C@H]2c2ccc3c(c2)OCCO3)CC1. The van der Waals surface area contributed by atoms with Gasteiger partial charge in [-0.2, -0.15) is 9.57 Å². The van der Waals surface area contributed by atoms with Crippen molar-refractivity contribution >= 4 is 15.9 Å². The Kier molecular flexibility index (Phi) is 6.65. The average Bonchev–Trinajstić information content (AvgIpc) is 3.36. The van der Waals surface area contributed by atoms with Crippen LogP contribution in [-0.2, 0) is 14.8 Å². The first-order valence-electron chi connectivity index (χ1n) is 11.9. The summed E-state index contributed by atoms with van der Waals surface area (Å²) in [6.07, 6.45) is 1.98. The first-order chi connectivity index (χ1) is 17.0. The van der Waals surface area contributed by atoms with Crippen LogP contribution in [-0.4, -0.2) is 80.9 Å². The third kappa shape index (κ3) is 4.72. The molecule has 1 atom stereocenters. The zero-order valence-electron chi connectivity index (χ0n) is 19.4. The second kappa shape index (κ2) is 9.85. The topological polar surface area (TPSA) is 103 Å². The van der Waals surface area contributed by atoms with E-state index >= 15 is 0 Å². The van der Waals surface area contributed by atoms with Gasteiger partial charge in [0, 0.05) is 32.2 Å². The summed E-state index contributed by atoms with van der Waals surface area (Å²) in [5, 5.41) is 9.29. The fraction of sp³-hybridized carbons (Fsp3) is 0.440. The molecule has 0 N–H and O–H groups in total. The minimum atomic E-state index is -3.79. The number of amides is 1. The van der Waals surface area contributed by atoms with Gasteiger partial charge in [-0.05, 0) is 49.2 Å². The predicted molar refractivity (Wildman–Crippen MR) is 127 cm³/mol. The maximum atomic E-state index is 13.1. The van der Waals surface area contributed by atoms with Crippen LogP contribution in [0.4, 0.5) is 0 Å². The Balaban J connectivity index is 1.21. The number of nitriles is 1. The van der Waals surface area contributed by atoms with Crippen LogP contribution in [0.5, 0.6) is 11.5 Å². The molecule has 10 heteroatoms. The van der Waals surface area contributed by atoms with Gasteiger partial charge in [-0.15, -0.1) is 0 Å². The molecule has 35 heavy (non-hydrogen) atoms. The second-order valence-corrected chi connectivity index (χ2v) is 10.8. The fourth-order valence-electron chi connectivity index (χ4n) is 5.03. The summed E-state index contributed by atoms with van der Waals surface area (Å²) in [4.78, 5) is 17.1. The van der Waals surface area contributed by atoms with Gasteiger partial charge in [0.15, 0.2) is 11.5 Å². The lowest BCUT2D eigenvalue weighted by Gasteiger charge is -2.35. The van der Waals surface area contributed by atoms with E-state index in [1.54, 1.807) is 17.0 Å². The van der Waals surface area contributed by atoms with E-state index in [2.05, 4.69) is 4.90 Å². The molecular weight excluding hydrogens is 468 g/mol. The van der Waals surface area contributed by atoms with Crippen LogP contribution in [0.15, 0.2) is 47.4 Å². The predicted octanol–water partition coefficient (Wildman–Crippen LogP) is 2.00. The quantitative estimate of drug-likeness (QED) is 0.624. The van der Waals surface area contributed by atoms with Crippen molar-refractivity contribution in [1.82, 2.24) is 14.1 Å². The third-order valence-corrected chi connectivity index (χ3v) is 8.83. The van der Waals surface area contributed by atoms with E-state index in [0.717, 1.165) is 36.4 Å². The molecule has 3 aliphatic rings. The van der Waals surface area contributed by atoms with Crippen molar-refractivity contribution in [2.24, 2.45) is 0 Å². The van der Waals surface area contributed by atoms with Crippen LogP contribution in [0.2, 0.25) is 0 Å². The van der Waals surface area contributed by atoms with Crippen molar-refractivity contribution < 1.29 is 22.7 Å². The number of piperazine rings is 1. The lowest BCUT2D eigenvalue weighted by Crippen LogP contribution is -2.52. The van der Waals surface area contributed by atoms with Crippen molar-refractivity contribution in [3.05, 3.63) is 53.6 Å². The van der Waals surface area contributed by atoms with Gasteiger partial charge in [-0.3, -0.25) is 9.69 Å². The first kappa shape index (κ1) is 23.6. The number of ether oxygens (including phenoxy) is 2. The van der Waals surface area contributed by atoms with Crippen molar-refractivity contribution in [3.8, 4) is 17.6 Å². The minimum Gasteiger partial charge on any atom is -0.486 e. The molecule has 0 saturated carbocycles. The summed E-state index contributed by atoms with van der Waals surface area (Å²) in [5.41, 5.74) is 1.25. The van der Waals surface area contributed by atoms with Crippen molar-refractivity contribution in [2.75, 3.05) is 52.5 Å². The number of benzene rings is 2. The van der Waals surface area contributed by atoms with Gasteiger partial charge < -0.3 is 14.4 Å². The number of fused-ring (bicyclic) bond motifs is 1. The third-order valence-electron chi connectivity index (χ3n) is 6.87. The van der Waals surface area contributed by atoms with Crippen LogP contribution in [0.3, 0.4) is 0 Å². The number of carbonyl (C=O) groups is 1. The first-order valence-corrected chi connectivity index (χ1v) is 13.3. The second-order valence-electron chi connectivity index (χ2n) is 8.92. The van der Waals surface area contributed by atoms with Crippen LogP contribution in [0.1, 0.15) is 30.0 Å². The van der Waals surface area contributed by atoms with Crippen molar-refractivity contribution in [2.45, 2.75) is 23.8 Å². The summed E-state index contributed by atoms with van der Waals surface area (Å²) >= 11 is 0. The molecule has 1 amide bonds. The molecule has 184 valence electrons. The summed E-state index contributed by atoms with van der Waals surface area (Å²) in [6, 6.07) is 14.3. The highest BCUT2D eigenvalue weighted by atomic mass is 32.2. The molecule has 2 aromatic carbocycles. The van der Waals surface area contributed by atoms with Crippen molar-refractivity contribution in [1.29, 1.82) is 5.26 Å². The Hall–Kier alpha value is -3.13. The Labute approximate surface area is 205 Å². The van der Waals surface area contributed by atoms with Gasteiger partial charge in [0.2, 0.25) is 15.9 Å². The summed E-state index contributed by atoms with van der Waals surface area (Å²) in [7, 11) is -3.79. The van der Waals surface area contributed by atoms with Gasteiger partial charge in [0.05, 0.1) is 17.0 Å². The maximum Gasteiger partial charge on any atom is 0.244 e. The molecule has 2 saturated heterocycles. The minimum absolute atomic E-state index is 0.00363. The average molecular weight is 497 g/mol. The molecule has 0 unspecified atom stereocenters. The lowest BCUT2D eigenvalue weighted by molar-refractivity contribution is -0.133. The summed E-state index contributed by atoms with van der Waals surface area (Å²) in [6.45, 7) is 3.29. The zero-order chi connectivity index (χ0) is 24.4. The number of rotatable bonds is 5. The standard InChI is InChI=1S/C25H28N4O5S/c26-17-20-4-1-2-6-24(20)35(31,32)29-12-10-27(11-13-29)25(30)18-28-9-3-5-21(28)19-7-8-22-23(16-19)34-15-14-33-22/h1-2,4,6-8,16,21H,3,5,9-15,18H2/t21-/m0/s1. The molecule has 0 aromatic heterocycles. The van der Waals surface area contributed by atoms with E-state index in [1.165, 1.54) is 16.4 Å². The smallest absolute Gasteiger partial charge is 0.244 e. The highest BCUT2D eigenvalue weighted by Crippen LogP contribution is 2.38. The molecule has 0 radical (unpaired) electrons. The molecule has 5 rings (SSSR count). The molecule has 0 bridgehead atoms. The van der Waals surface area contributed by atoms with Crippen LogP contribution in [0.25, 0.3) is 0 Å². The van der Waals surface area contributed by atoms with E-state index in [0.29, 0.717) is 32.8 Å². The number of likely N-dealkylation sites (tertiary alicyclic amines) is 1. The number of hydrogen-bond acceptors (Lipinski definition) is 7. The molecule has 0 spiro atoms. The number of carbonyl (C=O) groups excluding carboxylic acids is 1. The fourth-order valence-corrected chi connectivity index (χ4v) is 6.60. The van der Waals surface area contributed by atoms with Gasteiger partial charge in [-0.25, -0.2) is 8.42 Å². The van der Waals surface area contributed by atoms with E-state index < -0.39 is 10.0 Å².